The van der Waals surface area contributed by atoms with Crippen molar-refractivity contribution in [3.05, 3.63) is 42.4 Å². The van der Waals surface area contributed by atoms with Crippen molar-refractivity contribution in [2.24, 2.45) is 0 Å². The van der Waals surface area contributed by atoms with Gasteiger partial charge in [0.05, 0.1) is 24.0 Å². The molecular weight excluding hydrogens is 444 g/mol. The third-order valence-electron chi connectivity index (χ3n) is 7.43. The summed E-state index contributed by atoms with van der Waals surface area (Å²) >= 11 is 0. The number of rotatable bonds is 6. The Kier molecular flexibility index (Phi) is 5.42. The molecule has 1 saturated heterocycles. The number of hydrogen-bond donors (Lipinski definition) is 2. The number of aromatic nitrogens is 5. The molecule has 4 aromatic rings. The number of likely N-dealkylation sites (tertiary alicyclic amines) is 1. The van der Waals surface area contributed by atoms with Gasteiger partial charge in [-0.2, -0.15) is 9.61 Å². The molecule has 1 saturated carbocycles. The number of hydrogen-bond acceptors (Lipinski definition) is 7. The van der Waals surface area contributed by atoms with E-state index in [1.807, 2.05) is 25.4 Å². The smallest absolute Gasteiger partial charge is 0.257 e. The van der Waals surface area contributed by atoms with Gasteiger partial charge in [0.25, 0.3) is 5.91 Å². The van der Waals surface area contributed by atoms with Crippen molar-refractivity contribution < 1.29 is 9.53 Å². The second-order valence-electron chi connectivity index (χ2n) is 9.53. The van der Waals surface area contributed by atoms with E-state index in [1.54, 1.807) is 17.8 Å². The highest BCUT2D eigenvalue weighted by molar-refractivity contribution is 6.01. The molecule has 1 aliphatic heterocycles. The molecule has 35 heavy (non-hydrogen) atoms. The van der Waals surface area contributed by atoms with E-state index in [0.717, 1.165) is 60.5 Å². The summed E-state index contributed by atoms with van der Waals surface area (Å²) in [6.07, 6.45) is 8.59. The van der Waals surface area contributed by atoms with E-state index in [2.05, 4.69) is 44.5 Å². The van der Waals surface area contributed by atoms with Gasteiger partial charge in [-0.05, 0) is 45.0 Å². The molecule has 1 amide bonds. The number of nitrogens with zero attached hydrogens (tertiary/aromatic N) is 6. The Morgan fingerprint density at radius 1 is 1.23 bits per heavy atom. The van der Waals surface area contributed by atoms with Gasteiger partial charge in [0.15, 0.2) is 5.65 Å². The lowest BCUT2D eigenvalue weighted by atomic mass is 9.89. The van der Waals surface area contributed by atoms with Gasteiger partial charge in [-0.25, -0.2) is 9.97 Å². The van der Waals surface area contributed by atoms with E-state index in [4.69, 9.17) is 14.7 Å². The molecule has 10 nitrogen and oxygen atoms in total. The van der Waals surface area contributed by atoms with Crippen LogP contribution >= 0.6 is 0 Å². The molecular formula is C25H30N8O2. The van der Waals surface area contributed by atoms with Crippen molar-refractivity contribution in [3.8, 4) is 11.3 Å². The number of methoxy groups -OCH3 is 1. The summed E-state index contributed by atoms with van der Waals surface area (Å²) < 4.78 is 9.40. The lowest BCUT2D eigenvalue weighted by Crippen LogP contribution is -2.51. The normalized spacial score (nSPS) is 22.5. The zero-order chi connectivity index (χ0) is 24.1. The minimum atomic E-state index is -0.184. The van der Waals surface area contributed by atoms with Crippen molar-refractivity contribution in [2.45, 2.75) is 37.5 Å². The Bertz CT molecular complexity index is 1410. The van der Waals surface area contributed by atoms with Crippen LogP contribution in [0.2, 0.25) is 0 Å². The highest BCUT2D eigenvalue weighted by atomic mass is 16.5. The molecule has 5 heterocycles. The van der Waals surface area contributed by atoms with Crippen LogP contribution in [0.5, 0.6) is 0 Å². The predicted octanol–water partition coefficient (Wildman–Crippen LogP) is 2.57. The fourth-order valence-corrected chi connectivity index (χ4v) is 5.31. The van der Waals surface area contributed by atoms with Gasteiger partial charge in [-0.3, -0.25) is 4.79 Å². The van der Waals surface area contributed by atoms with Gasteiger partial charge >= 0.3 is 0 Å². The number of fused-ring (bicyclic) bond motifs is 2. The third kappa shape index (κ3) is 3.64. The van der Waals surface area contributed by atoms with Crippen LogP contribution in [0.3, 0.4) is 0 Å². The monoisotopic (exact) mass is 474 g/mol. The molecule has 6 rings (SSSR count). The van der Waals surface area contributed by atoms with Crippen LogP contribution in [-0.4, -0.2) is 81.4 Å². The van der Waals surface area contributed by atoms with Crippen molar-refractivity contribution in [3.63, 3.8) is 0 Å². The van der Waals surface area contributed by atoms with E-state index in [0.29, 0.717) is 17.3 Å². The van der Waals surface area contributed by atoms with Crippen LogP contribution < -0.4 is 10.6 Å². The molecule has 1 aliphatic carbocycles. The molecule has 182 valence electrons. The third-order valence-corrected chi connectivity index (χ3v) is 7.43. The first-order chi connectivity index (χ1) is 17.1. The highest BCUT2D eigenvalue weighted by Crippen LogP contribution is 2.34. The van der Waals surface area contributed by atoms with Crippen molar-refractivity contribution in [1.82, 2.24) is 34.4 Å². The molecule has 0 radical (unpaired) electrons. The first-order valence-electron chi connectivity index (χ1n) is 12.1. The SMILES string of the molecule is CNc1cc(-c2cn([C@@H]3CCN(C)C3)c3ncccc23)nc2c(C(=O)N[C@H]3CC[C@@H]3OC)cnn12. The van der Waals surface area contributed by atoms with Gasteiger partial charge in [0, 0.05) is 56.2 Å². The number of ether oxygens (including phenoxy) is 1. The quantitative estimate of drug-likeness (QED) is 0.443. The maximum absolute atomic E-state index is 13.2. The van der Waals surface area contributed by atoms with Crippen LogP contribution in [0, 0.1) is 0 Å². The maximum atomic E-state index is 13.2. The second kappa shape index (κ2) is 8.62. The van der Waals surface area contributed by atoms with Crippen molar-refractivity contribution in [2.75, 3.05) is 39.6 Å². The van der Waals surface area contributed by atoms with Gasteiger partial charge < -0.3 is 24.8 Å². The minimum Gasteiger partial charge on any atom is -0.379 e. The molecule has 2 aliphatic rings. The van der Waals surface area contributed by atoms with Gasteiger partial charge in [0.1, 0.15) is 17.0 Å². The standard InChI is InChI=1S/C25H30N8O2/c1-26-22-11-20(18-14-32(15-8-10-31(2)13-15)23-16(18)5-4-9-27-23)29-24-17(12-28-33(22)24)25(34)30-19-6-7-21(19)35-3/h4-5,9,11-12,14-15,19,21,26H,6-8,10,13H2,1-3H3,(H,30,34)/t15-,19+,21+/m1/s1. The fraction of sp³-hybridized carbons (Fsp3) is 0.440. The van der Waals surface area contributed by atoms with Gasteiger partial charge in [-0.15, -0.1) is 0 Å². The Hall–Kier alpha value is -3.50. The van der Waals surface area contributed by atoms with Crippen LogP contribution in [-0.2, 0) is 4.74 Å². The lowest BCUT2D eigenvalue weighted by Gasteiger charge is -2.35. The van der Waals surface area contributed by atoms with Crippen LogP contribution in [0.1, 0.15) is 35.7 Å². The molecule has 10 heteroatoms. The summed E-state index contributed by atoms with van der Waals surface area (Å²) in [5, 5.41) is 11.8. The largest absolute Gasteiger partial charge is 0.379 e. The molecule has 4 aromatic heterocycles. The first kappa shape index (κ1) is 22.0. The molecule has 3 atom stereocenters. The van der Waals surface area contributed by atoms with Crippen LogP contribution in [0.4, 0.5) is 5.82 Å². The molecule has 2 N–H and O–H groups in total. The first-order valence-corrected chi connectivity index (χ1v) is 12.1. The molecule has 0 unspecified atom stereocenters. The second-order valence-corrected chi connectivity index (χ2v) is 9.53. The van der Waals surface area contributed by atoms with Crippen molar-refractivity contribution in [1.29, 1.82) is 0 Å². The molecule has 0 bridgehead atoms. The maximum Gasteiger partial charge on any atom is 0.257 e. The van der Waals surface area contributed by atoms with Gasteiger partial charge in [0.2, 0.25) is 0 Å². The number of anilines is 1. The number of nitrogens with one attached hydrogen (secondary N) is 2. The van der Waals surface area contributed by atoms with E-state index in [1.165, 1.54) is 0 Å². The topological polar surface area (TPSA) is 102 Å². The summed E-state index contributed by atoms with van der Waals surface area (Å²) in [6.45, 7) is 2.06. The van der Waals surface area contributed by atoms with E-state index < -0.39 is 0 Å². The zero-order valence-corrected chi connectivity index (χ0v) is 20.2. The highest BCUT2D eigenvalue weighted by Gasteiger charge is 2.33. The molecule has 0 spiro atoms. The number of pyridine rings is 1. The van der Waals surface area contributed by atoms with Crippen molar-refractivity contribution >= 4 is 28.4 Å². The molecule has 0 aromatic carbocycles. The number of carbonyl (C=O) groups excluding carboxylic acids is 1. The van der Waals surface area contributed by atoms with E-state index >= 15 is 0 Å². The summed E-state index contributed by atoms with van der Waals surface area (Å²) in [4.78, 5) is 25.2. The number of likely N-dealkylation sites (N-methyl/N-ethyl adjacent to an activating group) is 1. The van der Waals surface area contributed by atoms with E-state index in [9.17, 15) is 4.79 Å². The Balaban J connectivity index is 1.44. The predicted molar refractivity (Wildman–Crippen MR) is 134 cm³/mol. The number of amides is 1. The minimum absolute atomic E-state index is 0.0167. The zero-order valence-electron chi connectivity index (χ0n) is 20.2. The molecule has 2 fully saturated rings. The summed E-state index contributed by atoms with van der Waals surface area (Å²) in [7, 11) is 5.68. The van der Waals surface area contributed by atoms with E-state index in [-0.39, 0.29) is 18.1 Å². The fourth-order valence-electron chi connectivity index (χ4n) is 5.31. The summed E-state index contributed by atoms with van der Waals surface area (Å²) in [5.74, 6) is 0.574. The Labute approximate surface area is 203 Å². The van der Waals surface area contributed by atoms with Crippen LogP contribution in [0.15, 0.2) is 36.8 Å². The summed E-state index contributed by atoms with van der Waals surface area (Å²) in [5.41, 5.74) is 3.69. The van der Waals surface area contributed by atoms with Gasteiger partial charge in [-0.1, -0.05) is 0 Å². The average Bonchev–Trinajstić information content (AvgIpc) is 3.57. The summed E-state index contributed by atoms with van der Waals surface area (Å²) in [6, 6.07) is 6.40. The average molecular weight is 475 g/mol. The number of carbonyl (C=O) groups is 1. The Morgan fingerprint density at radius 3 is 2.83 bits per heavy atom. The Morgan fingerprint density at radius 2 is 2.11 bits per heavy atom. The lowest BCUT2D eigenvalue weighted by molar-refractivity contribution is 0.00732. The van der Waals surface area contributed by atoms with Crippen LogP contribution in [0.25, 0.3) is 27.9 Å².